The van der Waals surface area contributed by atoms with Crippen molar-refractivity contribution in [3.05, 3.63) is 76.4 Å². The predicted molar refractivity (Wildman–Crippen MR) is 124 cm³/mol. The number of aromatic nitrogens is 3. The molecule has 0 unspecified atom stereocenters. The molecule has 2 aromatic heterocycles. The molecular formula is C24H23N3O4S. The van der Waals surface area contributed by atoms with Gasteiger partial charge in [0.2, 0.25) is 5.89 Å². The van der Waals surface area contributed by atoms with Gasteiger partial charge < -0.3 is 18.9 Å². The summed E-state index contributed by atoms with van der Waals surface area (Å²) in [5, 5.41) is 0.516. The number of hydrogen-bond donors (Lipinski definition) is 1. The number of ether oxygens (including phenoxy) is 2. The molecule has 4 rings (SSSR count). The molecule has 4 aromatic rings. The van der Waals surface area contributed by atoms with Gasteiger partial charge in [0.25, 0.3) is 5.56 Å². The maximum atomic E-state index is 12.2. The number of hydrogen-bond acceptors (Lipinski definition) is 7. The zero-order valence-corrected chi connectivity index (χ0v) is 18.9. The van der Waals surface area contributed by atoms with Crippen LogP contribution in [0.25, 0.3) is 22.7 Å². The number of aromatic amines is 1. The second-order valence-electron chi connectivity index (χ2n) is 6.90. The summed E-state index contributed by atoms with van der Waals surface area (Å²) >= 11 is 1.40. The highest BCUT2D eigenvalue weighted by atomic mass is 32.2. The standard InChI is InChI=1S/C24H23N3O4S/c1-4-30-21-8-6-5-7-18(21)23-25-20(15(2)31-23)14-32-24-26-19(13-22(28)27-24)16-9-11-17(29-3)12-10-16/h5-13H,4,14H2,1-3H3,(H,26,27,28). The SMILES string of the molecule is CCOc1ccccc1-c1nc(CSc2nc(-c3ccc(OC)cc3)cc(=O)[nH]2)c(C)o1. The van der Waals surface area contributed by atoms with Crippen molar-refractivity contribution in [1.82, 2.24) is 15.0 Å². The summed E-state index contributed by atoms with van der Waals surface area (Å²) in [6, 6.07) is 16.6. The lowest BCUT2D eigenvalue weighted by Crippen LogP contribution is -2.08. The Hall–Kier alpha value is -3.52. The van der Waals surface area contributed by atoms with Crippen LogP contribution in [0.2, 0.25) is 0 Å². The van der Waals surface area contributed by atoms with Crippen molar-refractivity contribution in [1.29, 1.82) is 0 Å². The van der Waals surface area contributed by atoms with Gasteiger partial charge in [0.1, 0.15) is 17.3 Å². The van der Waals surface area contributed by atoms with Crippen molar-refractivity contribution in [2.45, 2.75) is 24.8 Å². The van der Waals surface area contributed by atoms with Gasteiger partial charge in [0.15, 0.2) is 5.16 Å². The van der Waals surface area contributed by atoms with Crippen LogP contribution in [0.3, 0.4) is 0 Å². The van der Waals surface area contributed by atoms with E-state index >= 15 is 0 Å². The van der Waals surface area contributed by atoms with Gasteiger partial charge in [-0.2, -0.15) is 0 Å². The molecule has 0 aliphatic carbocycles. The van der Waals surface area contributed by atoms with Gasteiger partial charge in [-0.05, 0) is 50.2 Å². The molecule has 0 spiro atoms. The first-order chi connectivity index (χ1) is 15.6. The monoisotopic (exact) mass is 449 g/mol. The molecule has 0 atom stereocenters. The topological polar surface area (TPSA) is 90.2 Å². The summed E-state index contributed by atoms with van der Waals surface area (Å²) in [4.78, 5) is 24.2. The lowest BCUT2D eigenvalue weighted by Gasteiger charge is -2.06. The van der Waals surface area contributed by atoms with E-state index in [1.165, 1.54) is 17.8 Å². The number of H-pyrrole nitrogens is 1. The molecular weight excluding hydrogens is 426 g/mol. The molecule has 0 bridgehead atoms. The van der Waals surface area contributed by atoms with Crippen molar-refractivity contribution in [3.63, 3.8) is 0 Å². The smallest absolute Gasteiger partial charge is 0.252 e. The second kappa shape index (κ2) is 9.74. The van der Waals surface area contributed by atoms with E-state index in [1.807, 2.05) is 62.4 Å². The highest BCUT2D eigenvalue weighted by Gasteiger charge is 2.16. The summed E-state index contributed by atoms with van der Waals surface area (Å²) in [6.45, 7) is 4.37. The number of benzene rings is 2. The first-order valence-electron chi connectivity index (χ1n) is 10.1. The van der Waals surface area contributed by atoms with E-state index in [-0.39, 0.29) is 5.56 Å². The van der Waals surface area contributed by atoms with E-state index in [4.69, 9.17) is 13.9 Å². The molecule has 0 aliphatic rings. The number of oxazole rings is 1. The minimum atomic E-state index is -0.212. The predicted octanol–water partition coefficient (Wildman–Crippen LogP) is 5.10. The Morgan fingerprint density at radius 2 is 1.88 bits per heavy atom. The molecule has 0 fully saturated rings. The molecule has 0 saturated heterocycles. The molecule has 32 heavy (non-hydrogen) atoms. The minimum absolute atomic E-state index is 0.212. The van der Waals surface area contributed by atoms with Crippen LogP contribution in [-0.4, -0.2) is 28.7 Å². The first-order valence-corrected chi connectivity index (χ1v) is 11.1. The van der Waals surface area contributed by atoms with Crippen molar-refractivity contribution in [2.24, 2.45) is 0 Å². The van der Waals surface area contributed by atoms with Gasteiger partial charge >= 0.3 is 0 Å². The summed E-state index contributed by atoms with van der Waals surface area (Å²) in [6.07, 6.45) is 0. The Morgan fingerprint density at radius 3 is 2.62 bits per heavy atom. The van der Waals surface area contributed by atoms with E-state index in [0.717, 1.165) is 28.3 Å². The number of nitrogens with one attached hydrogen (secondary N) is 1. The maximum absolute atomic E-state index is 12.2. The highest BCUT2D eigenvalue weighted by Crippen LogP contribution is 2.32. The zero-order valence-electron chi connectivity index (χ0n) is 18.0. The fraction of sp³-hybridized carbons (Fsp3) is 0.208. The van der Waals surface area contributed by atoms with Crippen LogP contribution in [0.4, 0.5) is 0 Å². The normalized spacial score (nSPS) is 10.8. The number of para-hydroxylation sites is 1. The van der Waals surface area contributed by atoms with Crippen LogP contribution in [0.15, 0.2) is 69.0 Å². The zero-order chi connectivity index (χ0) is 22.5. The third-order valence-corrected chi connectivity index (χ3v) is 5.65. The van der Waals surface area contributed by atoms with Crippen molar-refractivity contribution < 1.29 is 13.9 Å². The van der Waals surface area contributed by atoms with E-state index in [1.54, 1.807) is 7.11 Å². The molecule has 2 heterocycles. The average molecular weight is 450 g/mol. The minimum Gasteiger partial charge on any atom is -0.497 e. The number of aryl methyl sites for hydroxylation is 1. The van der Waals surface area contributed by atoms with Gasteiger partial charge in [0.05, 0.1) is 30.7 Å². The number of rotatable bonds is 8. The van der Waals surface area contributed by atoms with Crippen molar-refractivity contribution >= 4 is 11.8 Å². The van der Waals surface area contributed by atoms with Crippen LogP contribution in [0.5, 0.6) is 11.5 Å². The highest BCUT2D eigenvalue weighted by molar-refractivity contribution is 7.98. The molecule has 0 amide bonds. The van der Waals surface area contributed by atoms with Crippen LogP contribution < -0.4 is 15.0 Å². The van der Waals surface area contributed by atoms with Gasteiger partial charge in [-0.3, -0.25) is 4.79 Å². The van der Waals surface area contributed by atoms with Gasteiger partial charge in [-0.25, -0.2) is 9.97 Å². The van der Waals surface area contributed by atoms with Gasteiger partial charge in [-0.15, -0.1) is 0 Å². The summed E-state index contributed by atoms with van der Waals surface area (Å²) in [7, 11) is 1.61. The van der Waals surface area contributed by atoms with Crippen LogP contribution in [-0.2, 0) is 5.75 Å². The third-order valence-electron chi connectivity index (χ3n) is 4.76. The fourth-order valence-electron chi connectivity index (χ4n) is 3.15. The summed E-state index contributed by atoms with van der Waals surface area (Å²) in [5.41, 5.74) is 2.82. The first kappa shape index (κ1) is 21.7. The number of nitrogens with zero attached hydrogens (tertiary/aromatic N) is 2. The quantitative estimate of drug-likeness (QED) is 0.296. The molecule has 0 aliphatic heterocycles. The van der Waals surface area contributed by atoms with E-state index in [9.17, 15) is 4.79 Å². The number of methoxy groups -OCH3 is 1. The van der Waals surface area contributed by atoms with E-state index in [2.05, 4.69) is 15.0 Å². The molecule has 0 saturated carbocycles. The van der Waals surface area contributed by atoms with Crippen LogP contribution in [0.1, 0.15) is 18.4 Å². The third kappa shape index (κ3) is 4.86. The molecule has 1 N–H and O–H groups in total. The Kier molecular flexibility index (Phi) is 6.61. The average Bonchev–Trinajstić information content (AvgIpc) is 3.18. The van der Waals surface area contributed by atoms with Gasteiger partial charge in [0, 0.05) is 17.4 Å². The maximum Gasteiger partial charge on any atom is 0.252 e. The largest absolute Gasteiger partial charge is 0.497 e. The summed E-state index contributed by atoms with van der Waals surface area (Å²) in [5.74, 6) is 3.20. The van der Waals surface area contributed by atoms with Crippen molar-refractivity contribution in [2.75, 3.05) is 13.7 Å². The van der Waals surface area contributed by atoms with E-state index < -0.39 is 0 Å². The molecule has 8 heteroatoms. The molecule has 0 radical (unpaired) electrons. The second-order valence-corrected chi connectivity index (χ2v) is 7.87. The van der Waals surface area contributed by atoms with Crippen LogP contribution in [0, 0.1) is 6.92 Å². The van der Waals surface area contributed by atoms with Gasteiger partial charge in [-0.1, -0.05) is 23.9 Å². The molecule has 164 valence electrons. The summed E-state index contributed by atoms with van der Waals surface area (Å²) < 4.78 is 16.8. The molecule has 2 aromatic carbocycles. The van der Waals surface area contributed by atoms with E-state index in [0.29, 0.717) is 34.9 Å². The van der Waals surface area contributed by atoms with Crippen molar-refractivity contribution in [3.8, 4) is 34.2 Å². The Morgan fingerprint density at radius 1 is 1.09 bits per heavy atom. The Bertz CT molecular complexity index is 1260. The Labute approximate surface area is 189 Å². The lowest BCUT2D eigenvalue weighted by molar-refractivity contribution is 0.340. The molecule has 7 nitrogen and oxygen atoms in total. The Balaban J connectivity index is 1.54. The number of thioether (sulfide) groups is 1. The van der Waals surface area contributed by atoms with Crippen LogP contribution >= 0.6 is 11.8 Å². The fourth-order valence-corrected chi connectivity index (χ4v) is 4.03. The lowest BCUT2D eigenvalue weighted by atomic mass is 10.1.